The number of halogens is 2. The maximum absolute atomic E-state index is 13.9. The van der Waals surface area contributed by atoms with Crippen LogP contribution in [0.25, 0.3) is 22.2 Å². The molecule has 0 spiro atoms. The maximum atomic E-state index is 13.9. The van der Waals surface area contributed by atoms with E-state index in [1.165, 1.54) is 6.07 Å². The van der Waals surface area contributed by atoms with E-state index in [2.05, 4.69) is 21.1 Å². The van der Waals surface area contributed by atoms with E-state index < -0.39 is 18.4 Å². The molecule has 0 N–H and O–H groups in total. The summed E-state index contributed by atoms with van der Waals surface area (Å²) in [5.41, 5.74) is 1.02. The highest BCUT2D eigenvalue weighted by atomic mass is 79.9. The molecule has 1 aromatic heterocycles. The SMILES string of the molecule is O=C([O-])COc1ccc2c(-c3ccccc3F)noc2c1Br. The lowest BCUT2D eigenvalue weighted by Gasteiger charge is -2.08. The summed E-state index contributed by atoms with van der Waals surface area (Å²) >= 11 is 3.27. The number of hydrogen-bond acceptors (Lipinski definition) is 5. The van der Waals surface area contributed by atoms with Crippen molar-refractivity contribution in [2.45, 2.75) is 0 Å². The third-order valence-corrected chi connectivity index (χ3v) is 3.77. The van der Waals surface area contributed by atoms with E-state index in [0.717, 1.165) is 0 Å². The number of carboxylic acids is 1. The van der Waals surface area contributed by atoms with Crippen LogP contribution >= 0.6 is 15.9 Å². The molecule has 0 bridgehead atoms. The molecule has 0 aliphatic rings. The molecule has 22 heavy (non-hydrogen) atoms. The fraction of sp³-hybridized carbons (Fsp3) is 0.0667. The topological polar surface area (TPSA) is 75.4 Å². The summed E-state index contributed by atoms with van der Waals surface area (Å²) in [5.74, 6) is -1.48. The Kier molecular flexibility index (Phi) is 3.81. The molecule has 7 heteroatoms. The van der Waals surface area contributed by atoms with Gasteiger partial charge in [-0.15, -0.1) is 0 Å². The molecule has 0 radical (unpaired) electrons. The van der Waals surface area contributed by atoms with Crippen molar-refractivity contribution in [3.63, 3.8) is 0 Å². The Labute approximate surface area is 132 Å². The molecule has 0 aliphatic carbocycles. The van der Waals surface area contributed by atoms with Gasteiger partial charge in [0.1, 0.15) is 28.3 Å². The predicted octanol–water partition coefficient (Wildman–Crippen LogP) is 2.53. The van der Waals surface area contributed by atoms with E-state index in [1.54, 1.807) is 30.3 Å². The predicted molar refractivity (Wildman–Crippen MR) is 77.6 cm³/mol. The van der Waals surface area contributed by atoms with Gasteiger partial charge >= 0.3 is 0 Å². The van der Waals surface area contributed by atoms with Gasteiger partial charge < -0.3 is 19.2 Å². The molecule has 0 unspecified atom stereocenters. The average molecular weight is 365 g/mol. The zero-order valence-electron chi connectivity index (χ0n) is 11.0. The third-order valence-electron chi connectivity index (χ3n) is 3.02. The van der Waals surface area contributed by atoms with Gasteiger partial charge in [0.25, 0.3) is 0 Å². The van der Waals surface area contributed by atoms with Crippen molar-refractivity contribution >= 4 is 32.9 Å². The number of nitrogens with zero attached hydrogens (tertiary/aromatic N) is 1. The number of carbonyl (C=O) groups excluding carboxylic acids is 1. The van der Waals surface area contributed by atoms with Gasteiger partial charge in [-0.3, -0.25) is 0 Å². The van der Waals surface area contributed by atoms with E-state index in [-0.39, 0.29) is 5.75 Å². The van der Waals surface area contributed by atoms with Crippen LogP contribution in [-0.4, -0.2) is 17.7 Å². The largest absolute Gasteiger partial charge is 0.546 e. The van der Waals surface area contributed by atoms with E-state index in [1.807, 2.05) is 0 Å². The molecule has 5 nitrogen and oxygen atoms in total. The van der Waals surface area contributed by atoms with Crippen molar-refractivity contribution in [2.24, 2.45) is 0 Å². The van der Waals surface area contributed by atoms with Crippen molar-refractivity contribution in [1.82, 2.24) is 5.16 Å². The molecule has 1 heterocycles. The highest BCUT2D eigenvalue weighted by Gasteiger charge is 2.18. The number of rotatable bonds is 4. The first-order chi connectivity index (χ1) is 10.6. The second-order valence-corrected chi connectivity index (χ2v) is 5.22. The second-order valence-electron chi connectivity index (χ2n) is 4.43. The number of benzene rings is 2. The summed E-state index contributed by atoms with van der Waals surface area (Å²) in [5, 5.41) is 14.9. The van der Waals surface area contributed by atoms with Gasteiger partial charge in [-0.2, -0.15) is 0 Å². The lowest BCUT2D eigenvalue weighted by Crippen LogP contribution is -2.29. The van der Waals surface area contributed by atoms with Crippen LogP contribution < -0.4 is 9.84 Å². The van der Waals surface area contributed by atoms with Crippen molar-refractivity contribution in [2.75, 3.05) is 6.61 Å². The first-order valence-corrected chi connectivity index (χ1v) is 7.02. The monoisotopic (exact) mass is 364 g/mol. The molecule has 2 aromatic carbocycles. The summed E-state index contributed by atoms with van der Waals surface area (Å²) in [7, 11) is 0. The molecular weight excluding hydrogens is 357 g/mol. The van der Waals surface area contributed by atoms with Gasteiger partial charge in [0.15, 0.2) is 5.58 Å². The van der Waals surface area contributed by atoms with Crippen LogP contribution in [0.1, 0.15) is 0 Å². The Hall–Kier alpha value is -2.41. The quantitative estimate of drug-likeness (QED) is 0.710. The smallest absolute Gasteiger partial charge is 0.185 e. The normalized spacial score (nSPS) is 10.8. The first kappa shape index (κ1) is 14.5. The van der Waals surface area contributed by atoms with E-state index in [9.17, 15) is 14.3 Å². The highest BCUT2D eigenvalue weighted by Crippen LogP contribution is 2.38. The van der Waals surface area contributed by atoms with Crippen LogP contribution in [0.15, 0.2) is 45.4 Å². The van der Waals surface area contributed by atoms with Crippen LogP contribution in [-0.2, 0) is 4.79 Å². The van der Waals surface area contributed by atoms with Gasteiger partial charge in [-0.25, -0.2) is 4.39 Å². The van der Waals surface area contributed by atoms with Crippen molar-refractivity contribution in [1.29, 1.82) is 0 Å². The van der Waals surface area contributed by atoms with Gasteiger partial charge in [-0.1, -0.05) is 17.3 Å². The minimum Gasteiger partial charge on any atom is -0.546 e. The van der Waals surface area contributed by atoms with Crippen molar-refractivity contribution < 1.29 is 23.6 Å². The molecule has 3 aromatic rings. The maximum Gasteiger partial charge on any atom is 0.185 e. The molecule has 0 aliphatic heterocycles. The lowest BCUT2D eigenvalue weighted by atomic mass is 10.1. The fourth-order valence-electron chi connectivity index (χ4n) is 2.05. The zero-order valence-corrected chi connectivity index (χ0v) is 12.6. The lowest BCUT2D eigenvalue weighted by molar-refractivity contribution is -0.307. The van der Waals surface area contributed by atoms with E-state index in [0.29, 0.717) is 26.7 Å². The molecule has 0 saturated carbocycles. The third kappa shape index (κ3) is 2.55. The van der Waals surface area contributed by atoms with Crippen LogP contribution in [0.2, 0.25) is 0 Å². The van der Waals surface area contributed by atoms with Crippen LogP contribution in [0.4, 0.5) is 4.39 Å². The number of aromatic nitrogens is 1. The van der Waals surface area contributed by atoms with Crippen LogP contribution in [0.3, 0.4) is 0 Å². The molecule has 112 valence electrons. The number of fused-ring (bicyclic) bond motifs is 1. The fourth-order valence-corrected chi connectivity index (χ4v) is 2.58. The summed E-state index contributed by atoms with van der Waals surface area (Å²) in [4.78, 5) is 10.4. The van der Waals surface area contributed by atoms with E-state index >= 15 is 0 Å². The van der Waals surface area contributed by atoms with Gasteiger partial charge in [-0.05, 0) is 40.2 Å². The minimum atomic E-state index is -1.34. The Morgan fingerprint density at radius 1 is 1.32 bits per heavy atom. The second kappa shape index (κ2) is 5.76. The van der Waals surface area contributed by atoms with Gasteiger partial charge in [0.2, 0.25) is 0 Å². The zero-order chi connectivity index (χ0) is 15.7. The number of carboxylic acid groups (broad SMARTS) is 1. The summed E-state index contributed by atoms with van der Waals surface area (Å²) in [6, 6.07) is 9.40. The Morgan fingerprint density at radius 3 is 2.82 bits per heavy atom. The van der Waals surface area contributed by atoms with Gasteiger partial charge in [0.05, 0.1) is 11.4 Å². The Morgan fingerprint density at radius 2 is 2.09 bits per heavy atom. The van der Waals surface area contributed by atoms with Crippen molar-refractivity contribution in [3.05, 3.63) is 46.7 Å². The standard InChI is InChI=1S/C15H9BrFNO4/c16-13-11(21-7-12(19)20)6-5-9-14(18-22-15(9)13)8-3-1-2-4-10(8)17/h1-6H,7H2,(H,19,20)/p-1. The van der Waals surface area contributed by atoms with Crippen LogP contribution in [0, 0.1) is 5.82 Å². The van der Waals surface area contributed by atoms with E-state index in [4.69, 9.17) is 9.26 Å². The Balaban J connectivity index is 2.08. The van der Waals surface area contributed by atoms with Crippen LogP contribution in [0.5, 0.6) is 5.75 Å². The molecular formula is C15H8BrFNO4-. The first-order valence-electron chi connectivity index (χ1n) is 6.23. The molecule has 0 fully saturated rings. The molecule has 0 amide bonds. The summed E-state index contributed by atoms with van der Waals surface area (Å²) in [6.45, 7) is -0.585. The number of hydrogen-bond donors (Lipinski definition) is 0. The molecule has 3 rings (SSSR count). The summed E-state index contributed by atoms with van der Waals surface area (Å²) in [6.07, 6.45) is 0. The summed E-state index contributed by atoms with van der Waals surface area (Å²) < 4.78 is 24.6. The number of carbonyl (C=O) groups is 1. The minimum absolute atomic E-state index is 0.271. The molecule has 0 saturated heterocycles. The van der Waals surface area contributed by atoms with Crippen molar-refractivity contribution in [3.8, 4) is 17.0 Å². The van der Waals surface area contributed by atoms with Gasteiger partial charge in [0, 0.05) is 5.56 Å². The average Bonchev–Trinajstić information content (AvgIpc) is 2.91. The highest BCUT2D eigenvalue weighted by molar-refractivity contribution is 9.10. The number of aliphatic carboxylic acids is 1. The number of ether oxygens (including phenoxy) is 1. The molecule has 0 atom stereocenters. The Bertz CT molecular complexity index is 862.